The number of fused-ring (bicyclic) bond motifs is 1. The van der Waals surface area contributed by atoms with Gasteiger partial charge in [-0.25, -0.2) is 12.8 Å². The van der Waals surface area contributed by atoms with Gasteiger partial charge in [0.1, 0.15) is 5.82 Å². The van der Waals surface area contributed by atoms with Crippen LogP contribution < -0.4 is 9.21 Å². The molecule has 3 aromatic carbocycles. The first-order valence-electron chi connectivity index (χ1n) is 10.1. The summed E-state index contributed by atoms with van der Waals surface area (Å²) in [7, 11) is -3.66. The van der Waals surface area contributed by atoms with Crippen LogP contribution in [0.15, 0.2) is 72.8 Å². The van der Waals surface area contributed by atoms with Gasteiger partial charge in [0.2, 0.25) is 10.0 Å². The minimum atomic E-state index is -3.66. The summed E-state index contributed by atoms with van der Waals surface area (Å²) in [5.41, 5.74) is 3.19. The van der Waals surface area contributed by atoms with Crippen LogP contribution in [-0.4, -0.2) is 27.1 Å². The van der Waals surface area contributed by atoms with Gasteiger partial charge in [-0.3, -0.25) is 9.10 Å². The molecule has 0 bridgehead atoms. The lowest BCUT2D eigenvalue weighted by Crippen LogP contribution is -2.35. The van der Waals surface area contributed by atoms with Crippen LogP contribution in [0.2, 0.25) is 0 Å². The molecule has 1 heterocycles. The van der Waals surface area contributed by atoms with E-state index in [1.807, 2.05) is 24.3 Å². The zero-order valence-corrected chi connectivity index (χ0v) is 18.0. The quantitative estimate of drug-likeness (QED) is 0.594. The van der Waals surface area contributed by atoms with Crippen molar-refractivity contribution in [2.24, 2.45) is 0 Å². The van der Waals surface area contributed by atoms with E-state index in [0.29, 0.717) is 17.8 Å². The molecule has 7 heteroatoms. The Morgan fingerprint density at radius 3 is 2.39 bits per heavy atom. The smallest absolute Gasteiger partial charge is 0.258 e. The number of aryl methyl sites for hydroxylation is 1. The van der Waals surface area contributed by atoms with Crippen molar-refractivity contribution in [3.63, 3.8) is 0 Å². The minimum Gasteiger partial charge on any atom is -0.308 e. The van der Waals surface area contributed by atoms with Gasteiger partial charge in [-0.05, 0) is 54.8 Å². The maximum atomic E-state index is 14.1. The fourth-order valence-corrected chi connectivity index (χ4v) is 4.73. The second-order valence-electron chi connectivity index (χ2n) is 7.60. The highest BCUT2D eigenvalue weighted by Gasteiger charge is 2.24. The average Bonchev–Trinajstić information content (AvgIpc) is 2.77. The van der Waals surface area contributed by atoms with E-state index in [0.717, 1.165) is 34.7 Å². The van der Waals surface area contributed by atoms with Crippen molar-refractivity contribution in [2.75, 3.05) is 22.0 Å². The molecule has 0 radical (unpaired) electrons. The molecular weight excluding hydrogens is 415 g/mol. The lowest BCUT2D eigenvalue weighted by Gasteiger charge is -2.29. The molecule has 0 aromatic heterocycles. The van der Waals surface area contributed by atoms with E-state index < -0.39 is 15.8 Å². The summed E-state index contributed by atoms with van der Waals surface area (Å²) in [6.45, 7) is 0.513. The lowest BCUT2D eigenvalue weighted by atomic mass is 10.0. The normalized spacial score (nSPS) is 13.5. The Morgan fingerprint density at radius 1 is 1.00 bits per heavy atom. The van der Waals surface area contributed by atoms with E-state index in [1.165, 1.54) is 6.07 Å². The number of carbonyl (C=O) groups excluding carboxylic acids is 1. The Labute approximate surface area is 181 Å². The monoisotopic (exact) mass is 438 g/mol. The molecule has 0 fully saturated rings. The number of carbonyl (C=O) groups is 1. The SMILES string of the molecule is CS(=O)(=O)N(Cc1ccccc1F)c1ccc(C(=O)N2CCCc3ccccc32)cc1. The Kier molecular flexibility index (Phi) is 5.78. The van der Waals surface area contributed by atoms with E-state index in [1.54, 1.807) is 47.4 Å². The zero-order chi connectivity index (χ0) is 22.0. The van der Waals surface area contributed by atoms with Crippen molar-refractivity contribution >= 4 is 27.3 Å². The highest BCUT2D eigenvalue weighted by molar-refractivity contribution is 7.92. The van der Waals surface area contributed by atoms with E-state index >= 15 is 0 Å². The van der Waals surface area contributed by atoms with Gasteiger partial charge < -0.3 is 4.90 Å². The summed E-state index contributed by atoms with van der Waals surface area (Å²) in [6, 6.07) is 20.4. The van der Waals surface area contributed by atoms with Crippen molar-refractivity contribution in [2.45, 2.75) is 19.4 Å². The number of halogens is 1. The topological polar surface area (TPSA) is 57.7 Å². The Hall–Kier alpha value is -3.19. The number of anilines is 2. The Balaban J connectivity index is 1.61. The summed E-state index contributed by atoms with van der Waals surface area (Å²) in [4.78, 5) is 14.9. The van der Waals surface area contributed by atoms with Crippen LogP contribution in [0.1, 0.15) is 27.9 Å². The molecule has 0 N–H and O–H groups in total. The average molecular weight is 439 g/mol. The van der Waals surface area contributed by atoms with Crippen LogP contribution in [0.4, 0.5) is 15.8 Å². The number of nitrogens with zero attached hydrogens (tertiary/aromatic N) is 2. The third-order valence-corrected chi connectivity index (χ3v) is 6.57. The van der Waals surface area contributed by atoms with Crippen molar-refractivity contribution in [1.29, 1.82) is 0 Å². The molecule has 0 spiro atoms. The van der Waals surface area contributed by atoms with E-state index in [2.05, 4.69) is 0 Å². The third-order valence-electron chi connectivity index (χ3n) is 5.43. The van der Waals surface area contributed by atoms with Gasteiger partial charge in [-0.15, -0.1) is 0 Å². The van der Waals surface area contributed by atoms with E-state index in [-0.39, 0.29) is 18.0 Å². The largest absolute Gasteiger partial charge is 0.308 e. The van der Waals surface area contributed by atoms with Crippen molar-refractivity contribution in [3.8, 4) is 0 Å². The number of para-hydroxylation sites is 1. The van der Waals surface area contributed by atoms with E-state index in [9.17, 15) is 17.6 Å². The minimum absolute atomic E-state index is 0.126. The second-order valence-corrected chi connectivity index (χ2v) is 9.50. The first kappa shape index (κ1) is 21.1. The highest BCUT2D eigenvalue weighted by Crippen LogP contribution is 2.29. The van der Waals surface area contributed by atoms with Gasteiger partial charge in [-0.1, -0.05) is 36.4 Å². The van der Waals surface area contributed by atoms with Crippen molar-refractivity contribution in [3.05, 3.63) is 95.3 Å². The van der Waals surface area contributed by atoms with Crippen LogP contribution in [0.5, 0.6) is 0 Å². The standard InChI is InChI=1S/C24H23FN2O3S/c1-31(29,30)27(17-20-8-2-4-10-22(20)25)21-14-12-19(13-15-21)24(28)26-16-6-9-18-7-3-5-11-23(18)26/h2-5,7-8,10-15H,6,9,16-17H2,1H3. The van der Waals surface area contributed by atoms with Crippen LogP contribution in [0.25, 0.3) is 0 Å². The molecule has 1 amide bonds. The number of hydrogen-bond acceptors (Lipinski definition) is 3. The number of amides is 1. The highest BCUT2D eigenvalue weighted by atomic mass is 32.2. The van der Waals surface area contributed by atoms with Crippen molar-refractivity contribution in [1.82, 2.24) is 0 Å². The predicted molar refractivity (Wildman–Crippen MR) is 120 cm³/mol. The van der Waals surface area contributed by atoms with Crippen LogP contribution in [0.3, 0.4) is 0 Å². The summed E-state index contributed by atoms with van der Waals surface area (Å²) >= 11 is 0. The third kappa shape index (κ3) is 4.46. The molecule has 0 saturated heterocycles. The van der Waals surface area contributed by atoms with Gasteiger partial charge in [0, 0.05) is 23.4 Å². The summed E-state index contributed by atoms with van der Waals surface area (Å²) in [5, 5.41) is 0. The molecular formula is C24H23FN2O3S. The maximum Gasteiger partial charge on any atom is 0.258 e. The van der Waals surface area contributed by atoms with Gasteiger partial charge in [0.15, 0.2) is 0 Å². The maximum absolute atomic E-state index is 14.1. The Bertz CT molecular complexity index is 1210. The molecule has 31 heavy (non-hydrogen) atoms. The second kappa shape index (κ2) is 8.51. The van der Waals surface area contributed by atoms with Gasteiger partial charge in [-0.2, -0.15) is 0 Å². The molecule has 1 aliphatic heterocycles. The molecule has 0 saturated carbocycles. The molecule has 0 aliphatic carbocycles. The van der Waals surface area contributed by atoms with Gasteiger partial charge in [0.05, 0.1) is 18.5 Å². The molecule has 0 unspecified atom stereocenters. The number of rotatable bonds is 5. The first-order valence-corrected chi connectivity index (χ1v) is 11.9. The Morgan fingerprint density at radius 2 is 1.68 bits per heavy atom. The summed E-state index contributed by atoms with van der Waals surface area (Å²) < 4.78 is 40.0. The fraction of sp³-hybridized carbons (Fsp3) is 0.208. The molecule has 0 atom stereocenters. The number of sulfonamides is 1. The van der Waals surface area contributed by atoms with Gasteiger partial charge in [0.25, 0.3) is 5.91 Å². The summed E-state index contributed by atoms with van der Waals surface area (Å²) in [5.74, 6) is -0.592. The van der Waals surface area contributed by atoms with E-state index in [4.69, 9.17) is 0 Å². The molecule has 4 rings (SSSR count). The zero-order valence-electron chi connectivity index (χ0n) is 17.2. The molecule has 3 aromatic rings. The molecule has 1 aliphatic rings. The molecule has 5 nitrogen and oxygen atoms in total. The van der Waals surface area contributed by atoms with Crippen LogP contribution in [0, 0.1) is 5.82 Å². The summed E-state index contributed by atoms with van der Waals surface area (Å²) in [6.07, 6.45) is 2.92. The van der Waals surface area contributed by atoms with Crippen LogP contribution in [-0.2, 0) is 23.0 Å². The number of benzene rings is 3. The van der Waals surface area contributed by atoms with Crippen LogP contribution >= 0.6 is 0 Å². The fourth-order valence-electron chi connectivity index (χ4n) is 3.85. The first-order chi connectivity index (χ1) is 14.8. The lowest BCUT2D eigenvalue weighted by molar-refractivity contribution is 0.0985. The predicted octanol–water partition coefficient (Wildman–Crippen LogP) is 4.38. The van der Waals surface area contributed by atoms with Gasteiger partial charge >= 0.3 is 0 Å². The molecule has 160 valence electrons. The number of hydrogen-bond donors (Lipinski definition) is 0. The van der Waals surface area contributed by atoms with Crippen molar-refractivity contribution < 1.29 is 17.6 Å².